The molecule has 0 aliphatic rings. The van der Waals surface area contributed by atoms with E-state index in [2.05, 4.69) is 5.10 Å². The highest BCUT2D eigenvalue weighted by molar-refractivity contribution is 6.30. The fraction of sp³-hybridized carbons (Fsp3) is 0.158. The first-order chi connectivity index (χ1) is 12.1. The highest BCUT2D eigenvalue weighted by Crippen LogP contribution is 2.22. The van der Waals surface area contributed by atoms with Crippen LogP contribution < -0.4 is 0 Å². The second-order valence-corrected chi connectivity index (χ2v) is 5.86. The monoisotopic (exact) mass is 358 g/mol. The van der Waals surface area contributed by atoms with Crippen LogP contribution in [0, 0.1) is 5.82 Å². The zero-order valence-corrected chi connectivity index (χ0v) is 14.3. The normalized spacial score (nSPS) is 10.7. The first-order valence-corrected chi connectivity index (χ1v) is 8.20. The number of benzene rings is 2. The third kappa shape index (κ3) is 4.06. The largest absolute Gasteiger partial charge is 0.461 e. The lowest BCUT2D eigenvalue weighted by atomic mass is 10.1. The van der Waals surface area contributed by atoms with Crippen LogP contribution in [0.3, 0.4) is 0 Å². The molecule has 6 heteroatoms. The Bertz CT molecular complexity index is 873. The molecule has 25 heavy (non-hydrogen) atoms. The Hall–Kier alpha value is -2.66. The summed E-state index contributed by atoms with van der Waals surface area (Å²) in [7, 11) is 0. The third-order valence-corrected chi connectivity index (χ3v) is 3.90. The van der Waals surface area contributed by atoms with Gasteiger partial charge in [-0.15, -0.1) is 0 Å². The molecular formula is C19H16ClFN2O2. The average molecular weight is 359 g/mol. The van der Waals surface area contributed by atoms with E-state index in [1.54, 1.807) is 41.9 Å². The summed E-state index contributed by atoms with van der Waals surface area (Å²) in [5, 5.41) is 5.14. The number of esters is 1. The lowest BCUT2D eigenvalue weighted by Crippen LogP contribution is -2.14. The van der Waals surface area contributed by atoms with Crippen molar-refractivity contribution in [1.82, 2.24) is 9.78 Å². The molecule has 0 N–H and O–H groups in total. The molecule has 0 aliphatic heterocycles. The number of hydrogen-bond donors (Lipinski definition) is 0. The molecule has 0 aliphatic carbocycles. The van der Waals surface area contributed by atoms with E-state index in [4.69, 9.17) is 16.3 Å². The van der Waals surface area contributed by atoms with Crippen molar-refractivity contribution in [2.45, 2.75) is 13.5 Å². The maximum Gasteiger partial charge on any atom is 0.356 e. The van der Waals surface area contributed by atoms with E-state index in [1.807, 2.05) is 12.1 Å². The van der Waals surface area contributed by atoms with Crippen molar-refractivity contribution < 1.29 is 13.9 Å². The molecule has 0 spiro atoms. The van der Waals surface area contributed by atoms with Crippen LogP contribution in [0.5, 0.6) is 0 Å². The van der Waals surface area contributed by atoms with Gasteiger partial charge in [-0.1, -0.05) is 35.9 Å². The van der Waals surface area contributed by atoms with Gasteiger partial charge in [-0.3, -0.25) is 4.68 Å². The van der Waals surface area contributed by atoms with Crippen molar-refractivity contribution in [3.8, 4) is 11.3 Å². The van der Waals surface area contributed by atoms with Gasteiger partial charge in [0, 0.05) is 10.6 Å². The summed E-state index contributed by atoms with van der Waals surface area (Å²) < 4.78 is 19.8. The van der Waals surface area contributed by atoms with E-state index in [-0.39, 0.29) is 12.4 Å². The van der Waals surface area contributed by atoms with Gasteiger partial charge in [-0.25, -0.2) is 9.18 Å². The minimum absolute atomic E-state index is 0.275. The summed E-state index contributed by atoms with van der Waals surface area (Å²) in [6.07, 6.45) is 0. The van der Waals surface area contributed by atoms with Gasteiger partial charge < -0.3 is 4.74 Å². The number of carbonyl (C=O) groups excluding carboxylic acids is 1. The lowest BCUT2D eigenvalue weighted by Gasteiger charge is -2.07. The number of hydrogen-bond acceptors (Lipinski definition) is 3. The average Bonchev–Trinajstić information content (AvgIpc) is 3.02. The minimum Gasteiger partial charge on any atom is -0.461 e. The van der Waals surface area contributed by atoms with Crippen LogP contribution >= 0.6 is 11.6 Å². The van der Waals surface area contributed by atoms with E-state index in [0.29, 0.717) is 23.0 Å². The molecule has 0 atom stereocenters. The zero-order valence-electron chi connectivity index (χ0n) is 13.6. The third-order valence-electron chi connectivity index (χ3n) is 3.65. The Morgan fingerprint density at radius 2 is 1.84 bits per heavy atom. The van der Waals surface area contributed by atoms with Gasteiger partial charge in [0.25, 0.3) is 0 Å². The lowest BCUT2D eigenvalue weighted by molar-refractivity contribution is 0.0512. The maximum absolute atomic E-state index is 13.1. The van der Waals surface area contributed by atoms with Gasteiger partial charge in [0.2, 0.25) is 0 Å². The van der Waals surface area contributed by atoms with Gasteiger partial charge in [0.05, 0.1) is 18.8 Å². The molecular weight excluding hydrogens is 343 g/mol. The number of carbonyl (C=O) groups is 1. The van der Waals surface area contributed by atoms with E-state index >= 15 is 0 Å². The van der Waals surface area contributed by atoms with Crippen molar-refractivity contribution in [2.24, 2.45) is 0 Å². The zero-order chi connectivity index (χ0) is 17.8. The SMILES string of the molecule is CCOC(=O)c1cc(-c2ccc(Cl)cc2)nn1Cc1ccc(F)cc1. The smallest absolute Gasteiger partial charge is 0.356 e. The number of aromatic nitrogens is 2. The molecule has 0 bridgehead atoms. The van der Waals surface area contributed by atoms with E-state index in [0.717, 1.165) is 11.1 Å². The van der Waals surface area contributed by atoms with Crippen LogP contribution in [0.2, 0.25) is 5.02 Å². The summed E-state index contributed by atoms with van der Waals surface area (Å²) in [5.74, 6) is -0.756. The van der Waals surface area contributed by atoms with Crippen LogP contribution in [0.25, 0.3) is 11.3 Å². The molecule has 1 heterocycles. The van der Waals surface area contributed by atoms with Crippen LogP contribution in [0.1, 0.15) is 23.0 Å². The van der Waals surface area contributed by atoms with Crippen molar-refractivity contribution in [3.63, 3.8) is 0 Å². The Labute approximate surface area is 149 Å². The molecule has 0 saturated carbocycles. The first-order valence-electron chi connectivity index (χ1n) is 7.82. The molecule has 0 saturated heterocycles. The molecule has 0 fully saturated rings. The second kappa shape index (κ2) is 7.49. The summed E-state index contributed by atoms with van der Waals surface area (Å²) in [6, 6.07) is 15.0. The number of halogens is 2. The Morgan fingerprint density at radius 3 is 2.48 bits per heavy atom. The highest BCUT2D eigenvalue weighted by Gasteiger charge is 2.17. The standard InChI is InChI=1S/C19H16ClFN2O2/c1-2-25-19(24)18-11-17(14-5-7-15(20)8-6-14)22-23(18)12-13-3-9-16(21)10-4-13/h3-11H,2,12H2,1H3. The van der Waals surface area contributed by atoms with Crippen molar-refractivity contribution in [2.75, 3.05) is 6.61 Å². The molecule has 3 aromatic rings. The highest BCUT2D eigenvalue weighted by atomic mass is 35.5. The van der Waals surface area contributed by atoms with E-state index in [1.165, 1.54) is 12.1 Å². The topological polar surface area (TPSA) is 44.1 Å². The van der Waals surface area contributed by atoms with Crippen molar-refractivity contribution in [3.05, 3.63) is 76.7 Å². The molecule has 128 valence electrons. The summed E-state index contributed by atoms with van der Waals surface area (Å²) in [4.78, 5) is 12.2. The van der Waals surface area contributed by atoms with Crippen LogP contribution in [0.4, 0.5) is 4.39 Å². The van der Waals surface area contributed by atoms with Crippen LogP contribution in [-0.4, -0.2) is 22.4 Å². The molecule has 0 amide bonds. The summed E-state index contributed by atoms with van der Waals surface area (Å²) in [6.45, 7) is 2.36. The quantitative estimate of drug-likeness (QED) is 0.628. The molecule has 2 aromatic carbocycles. The van der Waals surface area contributed by atoms with Gasteiger partial charge >= 0.3 is 5.97 Å². The molecule has 1 aromatic heterocycles. The second-order valence-electron chi connectivity index (χ2n) is 5.43. The van der Waals surface area contributed by atoms with Crippen molar-refractivity contribution >= 4 is 17.6 Å². The van der Waals surface area contributed by atoms with Gasteiger partial charge in [-0.05, 0) is 42.8 Å². The maximum atomic E-state index is 13.1. The molecule has 3 rings (SSSR count). The molecule has 0 radical (unpaired) electrons. The Balaban J connectivity index is 1.97. The van der Waals surface area contributed by atoms with E-state index < -0.39 is 5.97 Å². The van der Waals surface area contributed by atoms with Gasteiger partial charge in [0.1, 0.15) is 11.5 Å². The first kappa shape index (κ1) is 17.2. The Morgan fingerprint density at radius 1 is 1.16 bits per heavy atom. The Kier molecular flexibility index (Phi) is 5.14. The summed E-state index contributed by atoms with van der Waals surface area (Å²) in [5.41, 5.74) is 2.66. The van der Waals surface area contributed by atoms with Crippen molar-refractivity contribution in [1.29, 1.82) is 0 Å². The fourth-order valence-corrected chi connectivity index (χ4v) is 2.56. The number of nitrogens with zero attached hydrogens (tertiary/aromatic N) is 2. The van der Waals surface area contributed by atoms with Gasteiger partial charge in [-0.2, -0.15) is 5.10 Å². The predicted octanol–water partition coefficient (Wildman–Crippen LogP) is 4.57. The minimum atomic E-state index is -0.447. The number of rotatable bonds is 5. The van der Waals surface area contributed by atoms with E-state index in [9.17, 15) is 9.18 Å². The van der Waals surface area contributed by atoms with Crippen LogP contribution in [-0.2, 0) is 11.3 Å². The molecule has 4 nitrogen and oxygen atoms in total. The molecule has 0 unspecified atom stereocenters. The van der Waals surface area contributed by atoms with Gasteiger partial charge in [0.15, 0.2) is 0 Å². The predicted molar refractivity (Wildman–Crippen MR) is 94.1 cm³/mol. The number of ether oxygens (including phenoxy) is 1. The summed E-state index contributed by atoms with van der Waals surface area (Å²) >= 11 is 5.92. The van der Waals surface area contributed by atoms with Crippen LogP contribution in [0.15, 0.2) is 54.6 Å². The fourth-order valence-electron chi connectivity index (χ4n) is 2.43.